The molecule has 7 heteroatoms. The zero-order valence-electron chi connectivity index (χ0n) is 11.6. The van der Waals surface area contributed by atoms with Gasteiger partial charge in [-0.3, -0.25) is 9.89 Å². The highest BCUT2D eigenvalue weighted by Gasteiger charge is 2.19. The highest BCUT2D eigenvalue weighted by Crippen LogP contribution is 2.26. The molecule has 0 saturated carbocycles. The molecule has 2 heterocycles. The van der Waals surface area contributed by atoms with Crippen molar-refractivity contribution < 1.29 is 4.79 Å². The average Bonchev–Trinajstić information content (AvgIpc) is 3.18. The molecule has 1 N–H and O–H groups in total. The topological polar surface area (TPSA) is 58.6 Å². The first-order chi connectivity index (χ1) is 10.6. The van der Waals surface area contributed by atoms with Gasteiger partial charge in [-0.05, 0) is 30.5 Å². The quantitative estimate of drug-likeness (QED) is 0.505. The lowest BCUT2D eigenvalue weighted by Gasteiger charge is -2.07. The third-order valence-electron chi connectivity index (χ3n) is 3.00. The van der Waals surface area contributed by atoms with Gasteiger partial charge in [-0.25, -0.2) is 4.98 Å². The number of hydrogen-bond acceptors (Lipinski definition) is 5. The van der Waals surface area contributed by atoms with E-state index in [9.17, 15) is 4.79 Å². The molecule has 0 unspecified atom stereocenters. The number of aromatic amines is 1. The molecule has 3 rings (SSSR count). The van der Waals surface area contributed by atoms with Crippen LogP contribution in [0.2, 0.25) is 0 Å². The van der Waals surface area contributed by atoms with Gasteiger partial charge < -0.3 is 0 Å². The maximum absolute atomic E-state index is 12.4. The Bertz CT molecular complexity index is 768. The van der Waals surface area contributed by atoms with Crippen LogP contribution >= 0.6 is 39.0 Å². The molecular weight excluding hydrogens is 382 g/mol. The Labute approximate surface area is 144 Å². The van der Waals surface area contributed by atoms with Crippen molar-refractivity contribution in [3.8, 4) is 10.7 Å². The van der Waals surface area contributed by atoms with Gasteiger partial charge in [0, 0.05) is 10.0 Å². The summed E-state index contributed by atoms with van der Waals surface area (Å²) in [5.74, 6) is 0.806. The first-order valence-electron chi connectivity index (χ1n) is 6.56. The van der Waals surface area contributed by atoms with Crippen molar-refractivity contribution in [1.82, 2.24) is 15.2 Å². The van der Waals surface area contributed by atoms with Gasteiger partial charge in [0.15, 0.2) is 11.6 Å². The molecule has 1 atom stereocenters. The minimum absolute atomic E-state index is 0.0694. The van der Waals surface area contributed by atoms with Crippen molar-refractivity contribution in [2.24, 2.45) is 0 Å². The van der Waals surface area contributed by atoms with Crippen LogP contribution in [0.1, 0.15) is 17.3 Å². The summed E-state index contributed by atoms with van der Waals surface area (Å²) < 4.78 is 0.957. The molecule has 0 spiro atoms. The number of carbonyl (C=O) groups excluding carboxylic acids is 1. The van der Waals surface area contributed by atoms with Gasteiger partial charge >= 0.3 is 0 Å². The van der Waals surface area contributed by atoms with Crippen LogP contribution in [-0.2, 0) is 0 Å². The third-order valence-corrected chi connectivity index (χ3v) is 5.37. The molecule has 1 aromatic carbocycles. The predicted molar refractivity (Wildman–Crippen MR) is 93.5 cm³/mol. The Morgan fingerprint density at radius 1 is 1.32 bits per heavy atom. The predicted octanol–water partition coefficient (Wildman–Crippen LogP) is 4.66. The summed E-state index contributed by atoms with van der Waals surface area (Å²) in [4.78, 5) is 17.9. The van der Waals surface area contributed by atoms with Gasteiger partial charge in [0.1, 0.15) is 0 Å². The highest BCUT2D eigenvalue weighted by molar-refractivity contribution is 9.10. The fourth-order valence-corrected chi connectivity index (χ4v) is 3.61. The molecule has 22 heavy (non-hydrogen) atoms. The van der Waals surface area contributed by atoms with Gasteiger partial charge in [-0.1, -0.05) is 45.9 Å². The summed E-state index contributed by atoms with van der Waals surface area (Å²) in [6.45, 7) is 1.87. The lowest BCUT2D eigenvalue weighted by Crippen LogP contribution is -2.13. The van der Waals surface area contributed by atoms with Crippen LogP contribution in [0.15, 0.2) is 51.4 Å². The van der Waals surface area contributed by atoms with Crippen molar-refractivity contribution in [3.63, 3.8) is 0 Å². The fraction of sp³-hybridized carbons (Fsp3) is 0.133. The average molecular weight is 394 g/mol. The van der Waals surface area contributed by atoms with E-state index >= 15 is 0 Å². The van der Waals surface area contributed by atoms with Gasteiger partial charge in [0.2, 0.25) is 5.16 Å². The Morgan fingerprint density at radius 2 is 2.09 bits per heavy atom. The number of Topliss-reactive ketones (excluding diaryl/α,β-unsaturated/α-hetero) is 1. The minimum Gasteiger partial charge on any atom is -0.293 e. The maximum atomic E-state index is 12.4. The SMILES string of the molecule is C[C@@H](Sc1n[nH]c(-c2cccs2)n1)C(=O)c1ccc(Br)cc1. The van der Waals surface area contributed by atoms with E-state index in [1.165, 1.54) is 11.8 Å². The van der Waals surface area contributed by atoms with Crippen LogP contribution in [0, 0.1) is 0 Å². The third kappa shape index (κ3) is 3.48. The first-order valence-corrected chi connectivity index (χ1v) is 9.11. The molecule has 4 nitrogen and oxygen atoms in total. The van der Waals surface area contributed by atoms with Gasteiger partial charge in [-0.2, -0.15) is 0 Å². The van der Waals surface area contributed by atoms with Crippen molar-refractivity contribution in [2.75, 3.05) is 0 Å². The number of benzene rings is 1. The van der Waals surface area contributed by atoms with Crippen LogP contribution in [0.4, 0.5) is 0 Å². The smallest absolute Gasteiger partial charge is 0.209 e. The number of thiophene rings is 1. The van der Waals surface area contributed by atoms with Gasteiger partial charge in [0.05, 0.1) is 10.1 Å². The first kappa shape index (κ1) is 15.5. The number of nitrogens with zero attached hydrogens (tertiary/aromatic N) is 2. The number of halogens is 1. The van der Waals surface area contributed by atoms with E-state index in [1.807, 2.05) is 48.7 Å². The molecule has 0 bridgehead atoms. The summed E-state index contributed by atoms with van der Waals surface area (Å²) >= 11 is 6.32. The largest absolute Gasteiger partial charge is 0.293 e. The van der Waals surface area contributed by atoms with Crippen LogP contribution < -0.4 is 0 Å². The van der Waals surface area contributed by atoms with Crippen LogP contribution in [0.5, 0.6) is 0 Å². The summed E-state index contributed by atoms with van der Waals surface area (Å²) in [5.41, 5.74) is 0.692. The maximum Gasteiger partial charge on any atom is 0.209 e. The minimum atomic E-state index is -0.242. The van der Waals surface area contributed by atoms with E-state index in [-0.39, 0.29) is 11.0 Å². The Kier molecular flexibility index (Phi) is 4.75. The molecule has 112 valence electrons. The molecule has 2 aromatic heterocycles. The second-order valence-corrected chi connectivity index (χ2v) is 7.75. The molecule has 0 radical (unpaired) electrons. The molecule has 0 aliphatic carbocycles. The van der Waals surface area contributed by atoms with E-state index in [0.29, 0.717) is 10.7 Å². The van der Waals surface area contributed by atoms with Crippen molar-refractivity contribution in [1.29, 1.82) is 0 Å². The molecule has 0 saturated heterocycles. The standard InChI is InChI=1S/C15H12BrN3OS2/c1-9(13(20)10-4-6-11(16)7-5-10)22-15-17-14(18-19-15)12-3-2-8-21-12/h2-9H,1H3,(H,17,18,19)/t9-/m1/s1. The normalized spacial score (nSPS) is 12.3. The summed E-state index contributed by atoms with van der Waals surface area (Å²) in [7, 11) is 0. The molecule has 0 aliphatic heterocycles. The monoisotopic (exact) mass is 393 g/mol. The van der Waals surface area contributed by atoms with Gasteiger partial charge in [-0.15, -0.1) is 16.4 Å². The number of H-pyrrole nitrogens is 1. The number of thioether (sulfide) groups is 1. The highest BCUT2D eigenvalue weighted by atomic mass is 79.9. The van der Waals surface area contributed by atoms with E-state index < -0.39 is 0 Å². The summed E-state index contributed by atoms with van der Waals surface area (Å²) in [5, 5.41) is 9.42. The summed E-state index contributed by atoms with van der Waals surface area (Å²) in [6.07, 6.45) is 0. The Balaban J connectivity index is 1.70. The second-order valence-electron chi connectivity index (χ2n) is 4.58. The van der Waals surface area contributed by atoms with E-state index in [2.05, 4.69) is 31.1 Å². The van der Waals surface area contributed by atoms with Gasteiger partial charge in [0.25, 0.3) is 0 Å². The number of aromatic nitrogens is 3. The number of nitrogens with one attached hydrogen (secondary N) is 1. The van der Waals surface area contributed by atoms with E-state index in [0.717, 1.165) is 15.2 Å². The van der Waals surface area contributed by atoms with E-state index in [4.69, 9.17) is 0 Å². The van der Waals surface area contributed by atoms with Crippen molar-refractivity contribution in [3.05, 3.63) is 51.8 Å². The Morgan fingerprint density at radius 3 is 2.77 bits per heavy atom. The Hall–Kier alpha value is -1.44. The lowest BCUT2D eigenvalue weighted by atomic mass is 10.1. The molecule has 3 aromatic rings. The molecule has 0 aliphatic rings. The van der Waals surface area contributed by atoms with Crippen molar-refractivity contribution >= 4 is 44.8 Å². The van der Waals surface area contributed by atoms with Crippen LogP contribution in [0.3, 0.4) is 0 Å². The number of ketones is 1. The number of hydrogen-bond donors (Lipinski definition) is 1. The number of rotatable bonds is 5. The summed E-state index contributed by atoms with van der Waals surface area (Å²) in [6, 6.07) is 11.3. The van der Waals surface area contributed by atoms with Crippen LogP contribution in [-0.4, -0.2) is 26.2 Å². The molecule has 0 amide bonds. The van der Waals surface area contributed by atoms with Crippen LogP contribution in [0.25, 0.3) is 10.7 Å². The lowest BCUT2D eigenvalue weighted by molar-refractivity contribution is 0.0994. The molecule has 0 fully saturated rings. The zero-order valence-corrected chi connectivity index (χ0v) is 14.8. The second kappa shape index (κ2) is 6.76. The van der Waals surface area contributed by atoms with Crippen molar-refractivity contribution in [2.45, 2.75) is 17.3 Å². The molecular formula is C15H12BrN3OS2. The fourth-order valence-electron chi connectivity index (χ4n) is 1.88. The van der Waals surface area contributed by atoms with E-state index in [1.54, 1.807) is 11.3 Å². The number of carbonyl (C=O) groups is 1. The zero-order chi connectivity index (χ0) is 15.5.